The fraction of sp³-hybridized carbons (Fsp3) is 0.250. The molecule has 4 aromatic rings. The number of likely N-dealkylation sites (N-methyl/N-ethyl adjacent to an activating group) is 1. The zero-order valence-corrected chi connectivity index (χ0v) is 20.7. The fourth-order valence-corrected chi connectivity index (χ4v) is 5.47. The van der Waals surface area contributed by atoms with E-state index in [2.05, 4.69) is 15.6 Å². The number of hydrogen-bond acceptors (Lipinski definition) is 7. The van der Waals surface area contributed by atoms with Gasteiger partial charge in [-0.25, -0.2) is 4.98 Å². The molecule has 4 rings (SSSR count). The summed E-state index contributed by atoms with van der Waals surface area (Å²) in [6.07, 6.45) is 0. The predicted octanol–water partition coefficient (Wildman–Crippen LogP) is 4.69. The first-order valence-corrected chi connectivity index (χ1v) is 12.6. The number of carbonyl (C=O) groups is 2. The van der Waals surface area contributed by atoms with E-state index in [1.165, 1.54) is 18.3 Å². The van der Waals surface area contributed by atoms with E-state index in [0.29, 0.717) is 34.0 Å². The van der Waals surface area contributed by atoms with Crippen LogP contribution in [0.2, 0.25) is 0 Å². The summed E-state index contributed by atoms with van der Waals surface area (Å²) >= 11 is 3.04. The molecule has 0 bridgehead atoms. The van der Waals surface area contributed by atoms with Gasteiger partial charge in [-0.05, 0) is 49.2 Å². The molecule has 0 saturated carbocycles. The maximum atomic E-state index is 12.9. The van der Waals surface area contributed by atoms with Crippen LogP contribution in [0, 0.1) is 0 Å². The monoisotopic (exact) mass is 495 g/mol. The summed E-state index contributed by atoms with van der Waals surface area (Å²) in [6, 6.07) is 10.6. The van der Waals surface area contributed by atoms with Gasteiger partial charge in [-0.1, -0.05) is 13.0 Å². The van der Waals surface area contributed by atoms with E-state index in [0.717, 1.165) is 10.4 Å². The molecule has 0 aliphatic heterocycles. The predicted molar refractivity (Wildman–Crippen MR) is 139 cm³/mol. The lowest BCUT2D eigenvalue weighted by Crippen LogP contribution is -2.36. The highest BCUT2D eigenvalue weighted by Crippen LogP contribution is 2.34. The molecular formula is C24H25N5O3S2. The van der Waals surface area contributed by atoms with Crippen LogP contribution in [-0.4, -0.2) is 39.8 Å². The lowest BCUT2D eigenvalue weighted by molar-refractivity contribution is -0.118. The molecule has 0 spiro atoms. The van der Waals surface area contributed by atoms with E-state index in [1.807, 2.05) is 41.6 Å². The molecule has 0 fully saturated rings. The molecule has 0 saturated heterocycles. The molecule has 0 aliphatic rings. The second-order valence-electron chi connectivity index (χ2n) is 7.80. The van der Waals surface area contributed by atoms with Gasteiger partial charge in [-0.15, -0.1) is 22.7 Å². The quantitative estimate of drug-likeness (QED) is 0.329. The molecule has 3 N–H and O–H groups in total. The van der Waals surface area contributed by atoms with E-state index >= 15 is 0 Å². The topological polar surface area (TPSA) is 107 Å². The van der Waals surface area contributed by atoms with Gasteiger partial charge in [0, 0.05) is 34.1 Å². The summed E-state index contributed by atoms with van der Waals surface area (Å²) in [5.74, 6) is 0.200. The Morgan fingerprint density at radius 3 is 2.44 bits per heavy atom. The number of anilines is 2. The Balaban J connectivity index is 1.47. The van der Waals surface area contributed by atoms with Crippen molar-refractivity contribution in [2.75, 3.05) is 23.7 Å². The van der Waals surface area contributed by atoms with Crippen LogP contribution in [0.15, 0.2) is 52.0 Å². The Hall–Kier alpha value is -3.34. The average molecular weight is 496 g/mol. The first-order chi connectivity index (χ1) is 16.4. The minimum Gasteiger partial charge on any atom is -0.326 e. The van der Waals surface area contributed by atoms with E-state index < -0.39 is 0 Å². The molecule has 0 aliphatic carbocycles. The molecule has 3 aromatic heterocycles. The van der Waals surface area contributed by atoms with Crippen molar-refractivity contribution >= 4 is 56.1 Å². The number of aromatic amines is 1. The van der Waals surface area contributed by atoms with Gasteiger partial charge in [0.15, 0.2) is 0 Å². The molecule has 8 nitrogen and oxygen atoms in total. The summed E-state index contributed by atoms with van der Waals surface area (Å²) in [5, 5.41) is 10.1. The van der Waals surface area contributed by atoms with Crippen LogP contribution in [0.1, 0.15) is 32.6 Å². The SMILES string of the molecule is CCN(CC(=O)Nc1ccc(NC(C)=O)cc1)[C@@H](C)c1nc2scc(-c3cccs3)c2c(=O)[nH]1. The van der Waals surface area contributed by atoms with Crippen LogP contribution in [0.4, 0.5) is 11.4 Å². The summed E-state index contributed by atoms with van der Waals surface area (Å²) in [6.45, 7) is 6.07. The van der Waals surface area contributed by atoms with Gasteiger partial charge >= 0.3 is 0 Å². The third-order valence-electron chi connectivity index (χ3n) is 5.43. The summed E-state index contributed by atoms with van der Waals surface area (Å²) in [7, 11) is 0. The van der Waals surface area contributed by atoms with Crippen LogP contribution in [-0.2, 0) is 9.59 Å². The first kappa shape index (κ1) is 23.8. The van der Waals surface area contributed by atoms with E-state index in [1.54, 1.807) is 35.6 Å². The van der Waals surface area contributed by atoms with Gasteiger partial charge in [0.25, 0.3) is 5.56 Å². The highest BCUT2D eigenvalue weighted by Gasteiger charge is 2.22. The third kappa shape index (κ3) is 5.24. The molecular weight excluding hydrogens is 470 g/mol. The molecule has 3 heterocycles. The van der Waals surface area contributed by atoms with Crippen molar-refractivity contribution in [1.82, 2.24) is 14.9 Å². The Labute approximate surface area is 204 Å². The summed E-state index contributed by atoms with van der Waals surface area (Å²) in [4.78, 5) is 48.1. The van der Waals surface area contributed by atoms with Gasteiger partial charge < -0.3 is 15.6 Å². The molecule has 0 unspecified atom stereocenters. The van der Waals surface area contributed by atoms with E-state index in [4.69, 9.17) is 4.98 Å². The number of thiophene rings is 2. The number of rotatable bonds is 8. The van der Waals surface area contributed by atoms with Crippen LogP contribution >= 0.6 is 22.7 Å². The summed E-state index contributed by atoms with van der Waals surface area (Å²) < 4.78 is 0. The molecule has 2 amide bonds. The van der Waals surface area contributed by atoms with Gasteiger partial charge in [0.1, 0.15) is 10.7 Å². The number of H-pyrrole nitrogens is 1. The van der Waals surface area contributed by atoms with Crippen LogP contribution in [0.5, 0.6) is 0 Å². The Kier molecular flexibility index (Phi) is 7.20. The van der Waals surface area contributed by atoms with Crippen molar-refractivity contribution in [1.29, 1.82) is 0 Å². The molecule has 0 radical (unpaired) electrons. The van der Waals surface area contributed by atoms with Crippen molar-refractivity contribution in [2.24, 2.45) is 0 Å². The van der Waals surface area contributed by atoms with Crippen molar-refractivity contribution in [3.05, 3.63) is 63.3 Å². The zero-order valence-electron chi connectivity index (χ0n) is 19.0. The Morgan fingerprint density at radius 2 is 1.82 bits per heavy atom. The number of amides is 2. The maximum Gasteiger partial charge on any atom is 0.260 e. The van der Waals surface area contributed by atoms with E-state index in [-0.39, 0.29) is 30.0 Å². The largest absolute Gasteiger partial charge is 0.326 e. The number of aromatic nitrogens is 2. The minimum atomic E-state index is -0.262. The molecule has 10 heteroatoms. The van der Waals surface area contributed by atoms with Crippen molar-refractivity contribution in [3.8, 4) is 10.4 Å². The van der Waals surface area contributed by atoms with Crippen molar-refractivity contribution < 1.29 is 9.59 Å². The molecule has 1 atom stereocenters. The summed E-state index contributed by atoms with van der Waals surface area (Å²) in [5.41, 5.74) is 2.03. The van der Waals surface area contributed by atoms with Crippen LogP contribution in [0.25, 0.3) is 20.7 Å². The number of hydrogen-bond donors (Lipinski definition) is 3. The van der Waals surface area contributed by atoms with Crippen LogP contribution in [0.3, 0.4) is 0 Å². The highest BCUT2D eigenvalue weighted by atomic mass is 32.1. The first-order valence-electron chi connectivity index (χ1n) is 10.8. The lowest BCUT2D eigenvalue weighted by Gasteiger charge is -2.26. The lowest BCUT2D eigenvalue weighted by atomic mass is 10.2. The molecule has 176 valence electrons. The number of nitrogens with one attached hydrogen (secondary N) is 3. The average Bonchev–Trinajstić information content (AvgIpc) is 3.48. The number of carbonyl (C=O) groups excluding carboxylic acids is 2. The minimum absolute atomic E-state index is 0.137. The van der Waals surface area contributed by atoms with Gasteiger partial charge in [0.2, 0.25) is 11.8 Å². The van der Waals surface area contributed by atoms with Crippen molar-refractivity contribution in [3.63, 3.8) is 0 Å². The maximum absolute atomic E-state index is 12.9. The Bertz CT molecular complexity index is 1360. The second-order valence-corrected chi connectivity index (χ2v) is 9.61. The molecule has 1 aromatic carbocycles. The van der Waals surface area contributed by atoms with Crippen LogP contribution < -0.4 is 16.2 Å². The smallest absolute Gasteiger partial charge is 0.260 e. The number of fused-ring (bicyclic) bond motifs is 1. The third-order valence-corrected chi connectivity index (χ3v) is 7.21. The van der Waals surface area contributed by atoms with E-state index in [9.17, 15) is 14.4 Å². The standard InChI is InChI=1S/C24H25N5O3S2/c1-4-29(12-20(31)26-17-9-7-16(8-10-17)25-15(3)30)14(2)22-27-23(32)21-18(13-34-24(21)28-22)19-6-5-11-33-19/h5-11,13-14H,4,12H2,1-3H3,(H,25,30)(H,26,31)(H,27,28,32)/t14-/m0/s1. The van der Waals surface area contributed by atoms with Crippen molar-refractivity contribution in [2.45, 2.75) is 26.8 Å². The van der Waals surface area contributed by atoms with Gasteiger partial charge in [-0.2, -0.15) is 0 Å². The number of nitrogens with zero attached hydrogens (tertiary/aromatic N) is 2. The Morgan fingerprint density at radius 1 is 1.12 bits per heavy atom. The molecule has 34 heavy (non-hydrogen) atoms. The number of benzene rings is 1. The normalized spacial score (nSPS) is 12.1. The van der Waals surface area contributed by atoms with Gasteiger partial charge in [-0.3, -0.25) is 19.3 Å². The highest BCUT2D eigenvalue weighted by molar-refractivity contribution is 7.18. The van der Waals surface area contributed by atoms with Gasteiger partial charge in [0.05, 0.1) is 18.0 Å². The second kappa shape index (κ2) is 10.3. The zero-order chi connectivity index (χ0) is 24.2. The fourth-order valence-electron chi connectivity index (χ4n) is 3.70.